The lowest BCUT2D eigenvalue weighted by Gasteiger charge is -2.23. The Balaban J connectivity index is 0. The average molecular weight is 620 g/mol. The maximum atomic E-state index is 11.7. The zero-order chi connectivity index (χ0) is 31.7. The third-order valence-electron chi connectivity index (χ3n) is 6.96. The average Bonchev–Trinajstić information content (AvgIpc) is 2.87. The van der Waals surface area contributed by atoms with Gasteiger partial charge < -0.3 is 26.2 Å². The van der Waals surface area contributed by atoms with E-state index in [-0.39, 0.29) is 23.6 Å². The standard InChI is InChI=1S/C15H31N3O2S.C15H30N2O2S/c1-13(19)15(2,3)17-14(20)16-9-11-18(4)10-7-5-6-8-12-21;1-13(18)15(2,3)17-14(19)16-11-9-7-5-4-6-8-10-12-20/h21H,5-12H2,1-4H3,(H2,16,17,20);20H,4-12H2,1-3H3,(H2,16,17,19). The first-order valence-corrected chi connectivity index (χ1v) is 16.5. The monoisotopic (exact) mass is 619 g/mol. The van der Waals surface area contributed by atoms with Crippen LogP contribution in [0.4, 0.5) is 9.59 Å². The number of nitrogens with one attached hydrogen (secondary N) is 4. The fraction of sp³-hybridized carbons (Fsp3) is 0.867. The number of ketones is 2. The van der Waals surface area contributed by atoms with E-state index < -0.39 is 11.1 Å². The van der Waals surface area contributed by atoms with Crippen LogP contribution >= 0.6 is 25.3 Å². The molecule has 0 radical (unpaired) electrons. The van der Waals surface area contributed by atoms with Crippen LogP contribution in [-0.4, -0.2) is 84.3 Å². The molecule has 0 aromatic carbocycles. The largest absolute Gasteiger partial charge is 0.338 e. The van der Waals surface area contributed by atoms with Gasteiger partial charge in [-0.3, -0.25) is 9.59 Å². The second kappa shape index (κ2) is 25.1. The molecule has 0 saturated heterocycles. The molecule has 0 heterocycles. The van der Waals surface area contributed by atoms with Crippen molar-refractivity contribution in [2.45, 2.75) is 123 Å². The third kappa shape index (κ3) is 25.9. The van der Waals surface area contributed by atoms with Crippen molar-refractivity contribution in [2.75, 3.05) is 44.7 Å². The highest BCUT2D eigenvalue weighted by atomic mass is 32.1. The minimum atomic E-state index is -0.816. The van der Waals surface area contributed by atoms with Gasteiger partial charge in [0.2, 0.25) is 0 Å². The molecule has 0 bridgehead atoms. The highest BCUT2D eigenvalue weighted by Gasteiger charge is 2.26. The number of Topliss-reactive ketones (excluding diaryl/α,β-unsaturated/α-hetero) is 2. The van der Waals surface area contributed by atoms with Gasteiger partial charge in [0, 0.05) is 19.6 Å². The minimum absolute atomic E-state index is 0.0473. The van der Waals surface area contributed by atoms with E-state index in [1.807, 2.05) is 0 Å². The van der Waals surface area contributed by atoms with E-state index in [4.69, 9.17) is 0 Å². The van der Waals surface area contributed by atoms with Crippen LogP contribution in [0, 0.1) is 0 Å². The molecule has 0 aliphatic heterocycles. The fourth-order valence-electron chi connectivity index (χ4n) is 3.47. The molecule has 242 valence electrons. The number of carbonyl (C=O) groups is 4. The summed E-state index contributed by atoms with van der Waals surface area (Å²) in [6.07, 6.45) is 13.2. The van der Waals surface area contributed by atoms with Crippen LogP contribution in [-0.2, 0) is 9.59 Å². The first-order chi connectivity index (χ1) is 19.2. The summed E-state index contributed by atoms with van der Waals surface area (Å²) in [5, 5.41) is 10.9. The smallest absolute Gasteiger partial charge is 0.315 e. The van der Waals surface area contributed by atoms with Crippen molar-refractivity contribution < 1.29 is 19.2 Å². The Hall–Kier alpha value is -1.46. The van der Waals surface area contributed by atoms with E-state index in [2.05, 4.69) is 58.5 Å². The Morgan fingerprint density at radius 1 is 0.561 bits per heavy atom. The van der Waals surface area contributed by atoms with Gasteiger partial charge in [0.05, 0.1) is 11.1 Å². The first-order valence-electron chi connectivity index (χ1n) is 15.2. The Bertz CT molecular complexity index is 736. The van der Waals surface area contributed by atoms with Crippen molar-refractivity contribution in [2.24, 2.45) is 0 Å². The van der Waals surface area contributed by atoms with E-state index in [1.54, 1.807) is 27.7 Å². The molecular weight excluding hydrogens is 558 g/mol. The number of unbranched alkanes of at least 4 members (excludes halogenated alkanes) is 9. The second-order valence-corrected chi connectivity index (χ2v) is 12.7. The van der Waals surface area contributed by atoms with Crippen LogP contribution in [0.1, 0.15) is 112 Å². The van der Waals surface area contributed by atoms with Crippen LogP contribution in [0.3, 0.4) is 0 Å². The predicted octanol–water partition coefficient (Wildman–Crippen LogP) is 5.39. The maximum absolute atomic E-state index is 11.7. The van der Waals surface area contributed by atoms with Gasteiger partial charge in [-0.1, -0.05) is 44.9 Å². The zero-order valence-corrected chi connectivity index (χ0v) is 28.8. The predicted molar refractivity (Wildman–Crippen MR) is 179 cm³/mol. The molecule has 0 atom stereocenters. The van der Waals surface area contributed by atoms with Crippen LogP contribution in [0.25, 0.3) is 0 Å². The summed E-state index contributed by atoms with van der Waals surface area (Å²) < 4.78 is 0. The molecule has 0 saturated carbocycles. The molecule has 0 aliphatic rings. The molecule has 11 heteroatoms. The molecule has 0 aromatic heterocycles. The van der Waals surface area contributed by atoms with Gasteiger partial charge in [-0.05, 0) is 92.3 Å². The molecule has 4 N–H and O–H groups in total. The quantitative estimate of drug-likeness (QED) is 0.0718. The van der Waals surface area contributed by atoms with Crippen molar-refractivity contribution in [3.8, 4) is 0 Å². The molecule has 9 nitrogen and oxygen atoms in total. The van der Waals surface area contributed by atoms with Crippen molar-refractivity contribution in [1.82, 2.24) is 26.2 Å². The maximum Gasteiger partial charge on any atom is 0.315 e. The number of urea groups is 2. The third-order valence-corrected chi connectivity index (χ3v) is 7.59. The fourth-order valence-corrected chi connectivity index (χ4v) is 3.92. The molecule has 4 amide bonds. The summed E-state index contributed by atoms with van der Waals surface area (Å²) in [5.41, 5.74) is -1.61. The Morgan fingerprint density at radius 3 is 1.34 bits per heavy atom. The number of thiol groups is 2. The zero-order valence-electron chi connectivity index (χ0n) is 27.0. The lowest BCUT2D eigenvalue weighted by Crippen LogP contribution is -2.53. The van der Waals surface area contributed by atoms with Crippen molar-refractivity contribution in [1.29, 1.82) is 0 Å². The topological polar surface area (TPSA) is 120 Å². The lowest BCUT2D eigenvalue weighted by molar-refractivity contribution is -0.122. The molecule has 0 unspecified atom stereocenters. The van der Waals surface area contributed by atoms with E-state index in [9.17, 15) is 19.2 Å². The number of hydrogen-bond acceptors (Lipinski definition) is 7. The Labute approximate surface area is 261 Å². The van der Waals surface area contributed by atoms with Gasteiger partial charge in [0.25, 0.3) is 0 Å². The van der Waals surface area contributed by atoms with Gasteiger partial charge in [-0.15, -0.1) is 0 Å². The van der Waals surface area contributed by atoms with Crippen molar-refractivity contribution >= 4 is 48.9 Å². The molecule has 0 rings (SSSR count). The number of amides is 4. The van der Waals surface area contributed by atoms with Crippen molar-refractivity contribution in [3.05, 3.63) is 0 Å². The normalized spacial score (nSPS) is 11.4. The van der Waals surface area contributed by atoms with E-state index in [0.29, 0.717) is 13.1 Å². The number of nitrogens with zero attached hydrogens (tertiary/aromatic N) is 1. The number of rotatable bonds is 22. The minimum Gasteiger partial charge on any atom is -0.338 e. The van der Waals surface area contributed by atoms with E-state index in [0.717, 1.165) is 37.4 Å². The summed E-state index contributed by atoms with van der Waals surface area (Å²) in [7, 11) is 2.05. The van der Waals surface area contributed by atoms with Gasteiger partial charge in [0.15, 0.2) is 11.6 Å². The number of carbonyl (C=O) groups excluding carboxylic acids is 4. The molecule has 0 fully saturated rings. The van der Waals surface area contributed by atoms with Crippen LogP contribution in [0.2, 0.25) is 0 Å². The summed E-state index contributed by atoms with van der Waals surface area (Å²) >= 11 is 8.38. The van der Waals surface area contributed by atoms with Gasteiger partial charge in [-0.2, -0.15) is 25.3 Å². The summed E-state index contributed by atoms with van der Waals surface area (Å²) in [6, 6.07) is -0.559. The van der Waals surface area contributed by atoms with Gasteiger partial charge in [0.1, 0.15) is 0 Å². The molecule has 0 spiro atoms. The summed E-state index contributed by atoms with van der Waals surface area (Å²) in [4.78, 5) is 48.1. The number of hydrogen-bond donors (Lipinski definition) is 6. The molecule has 0 aromatic rings. The van der Waals surface area contributed by atoms with Crippen LogP contribution in [0.15, 0.2) is 0 Å². The summed E-state index contributed by atoms with van der Waals surface area (Å²) in [6.45, 7) is 12.9. The van der Waals surface area contributed by atoms with Gasteiger partial charge in [-0.25, -0.2) is 9.59 Å². The van der Waals surface area contributed by atoms with E-state index in [1.165, 1.54) is 71.6 Å². The van der Waals surface area contributed by atoms with Crippen molar-refractivity contribution in [3.63, 3.8) is 0 Å². The lowest BCUT2D eigenvalue weighted by atomic mass is 10.0. The molecular formula is C30H61N5O4S2. The first kappa shape index (κ1) is 41.7. The second-order valence-electron chi connectivity index (χ2n) is 11.8. The van der Waals surface area contributed by atoms with Crippen LogP contribution in [0.5, 0.6) is 0 Å². The van der Waals surface area contributed by atoms with E-state index >= 15 is 0 Å². The van der Waals surface area contributed by atoms with Crippen LogP contribution < -0.4 is 21.3 Å². The SMILES string of the molecule is CC(=O)C(C)(C)NC(=O)NCCCCCCCCCS.CC(=O)C(C)(C)NC(=O)NCCN(C)CCCCCCS. The number of likely N-dealkylation sites (N-methyl/N-ethyl adjacent to an activating group) is 1. The highest BCUT2D eigenvalue weighted by molar-refractivity contribution is 7.80. The molecule has 0 aliphatic carbocycles. The Morgan fingerprint density at radius 2 is 0.927 bits per heavy atom. The highest BCUT2D eigenvalue weighted by Crippen LogP contribution is 2.08. The van der Waals surface area contributed by atoms with Gasteiger partial charge >= 0.3 is 12.1 Å². The Kier molecular flexibility index (Phi) is 25.5. The summed E-state index contributed by atoms with van der Waals surface area (Å²) in [5.74, 6) is 1.84. The molecule has 41 heavy (non-hydrogen) atoms.